The van der Waals surface area contributed by atoms with E-state index in [1.54, 1.807) is 0 Å². The van der Waals surface area contributed by atoms with E-state index in [1.165, 1.54) is 34.6 Å². The number of halogens is 3. The normalized spacial score (nSPS) is 14.2. The SMILES string of the molecule is O=C(Nc1cc(Cl)ccc1F)c1cc(S(=O)(=O)N2CCc3ccccc3C2)ccc1Cl. The Balaban J connectivity index is 1.63. The standard InChI is InChI=1S/C22H17Cl2FN2O3S/c23-16-5-8-20(25)21(11-16)26-22(28)18-12-17(6-7-19(18)24)31(29,30)27-10-9-14-3-1-2-4-15(14)13-27/h1-8,11-12H,9-10,13H2,(H,26,28). The van der Waals surface area contributed by atoms with Crippen LogP contribution >= 0.6 is 23.2 Å². The molecule has 3 aromatic rings. The number of anilines is 1. The van der Waals surface area contributed by atoms with Crippen molar-refractivity contribution >= 4 is 44.8 Å². The lowest BCUT2D eigenvalue weighted by atomic mass is 10.0. The topological polar surface area (TPSA) is 66.5 Å². The summed E-state index contributed by atoms with van der Waals surface area (Å²) in [6.07, 6.45) is 0.602. The molecular weight excluding hydrogens is 462 g/mol. The van der Waals surface area contributed by atoms with E-state index in [2.05, 4.69) is 5.32 Å². The summed E-state index contributed by atoms with van der Waals surface area (Å²) in [5.74, 6) is -1.42. The summed E-state index contributed by atoms with van der Waals surface area (Å²) in [7, 11) is -3.87. The molecule has 0 spiro atoms. The summed E-state index contributed by atoms with van der Waals surface area (Å²) in [6.45, 7) is 0.577. The van der Waals surface area contributed by atoms with Gasteiger partial charge in [-0.05, 0) is 53.9 Å². The highest BCUT2D eigenvalue weighted by Gasteiger charge is 2.29. The van der Waals surface area contributed by atoms with E-state index in [1.807, 2.05) is 24.3 Å². The van der Waals surface area contributed by atoms with Gasteiger partial charge in [-0.1, -0.05) is 47.5 Å². The molecule has 0 unspecified atom stereocenters. The van der Waals surface area contributed by atoms with Crippen LogP contribution in [0.1, 0.15) is 21.5 Å². The van der Waals surface area contributed by atoms with Gasteiger partial charge in [0.05, 0.1) is 21.2 Å². The highest BCUT2D eigenvalue weighted by Crippen LogP contribution is 2.28. The molecule has 5 nitrogen and oxygen atoms in total. The number of amides is 1. The number of benzene rings is 3. The second-order valence-corrected chi connectivity index (χ2v) is 9.86. The van der Waals surface area contributed by atoms with Gasteiger partial charge in [-0.15, -0.1) is 0 Å². The maximum atomic E-state index is 14.0. The van der Waals surface area contributed by atoms with E-state index in [0.717, 1.165) is 17.2 Å². The lowest BCUT2D eigenvalue weighted by molar-refractivity contribution is 0.102. The van der Waals surface area contributed by atoms with Crippen molar-refractivity contribution < 1.29 is 17.6 Å². The van der Waals surface area contributed by atoms with Crippen molar-refractivity contribution in [2.45, 2.75) is 17.9 Å². The average Bonchev–Trinajstić information content (AvgIpc) is 2.76. The van der Waals surface area contributed by atoms with Gasteiger partial charge in [0, 0.05) is 18.1 Å². The Morgan fingerprint density at radius 1 is 1.00 bits per heavy atom. The lowest BCUT2D eigenvalue weighted by Crippen LogP contribution is -2.36. The second-order valence-electron chi connectivity index (χ2n) is 7.08. The Kier molecular flexibility index (Phi) is 6.03. The van der Waals surface area contributed by atoms with Crippen molar-refractivity contribution in [2.24, 2.45) is 0 Å². The Hall–Kier alpha value is -2.45. The van der Waals surface area contributed by atoms with Gasteiger partial charge in [0.25, 0.3) is 5.91 Å². The van der Waals surface area contributed by atoms with Crippen LogP contribution in [0.15, 0.2) is 65.6 Å². The van der Waals surface area contributed by atoms with Crippen molar-refractivity contribution in [1.82, 2.24) is 4.31 Å². The molecule has 0 bridgehead atoms. The zero-order chi connectivity index (χ0) is 22.2. The number of carbonyl (C=O) groups is 1. The van der Waals surface area contributed by atoms with Crippen LogP contribution in [0, 0.1) is 5.82 Å². The van der Waals surface area contributed by atoms with Gasteiger partial charge in [-0.3, -0.25) is 4.79 Å². The largest absolute Gasteiger partial charge is 0.319 e. The molecule has 9 heteroatoms. The first-order valence-electron chi connectivity index (χ1n) is 9.38. The van der Waals surface area contributed by atoms with Gasteiger partial charge in [-0.25, -0.2) is 12.8 Å². The molecule has 160 valence electrons. The van der Waals surface area contributed by atoms with Crippen LogP contribution in [0.4, 0.5) is 10.1 Å². The Bertz CT molecular complexity index is 1280. The lowest BCUT2D eigenvalue weighted by Gasteiger charge is -2.28. The molecular formula is C22H17Cl2FN2O3S. The summed E-state index contributed by atoms with van der Waals surface area (Å²) in [5.41, 5.74) is 1.85. The smallest absolute Gasteiger partial charge is 0.257 e. The zero-order valence-corrected chi connectivity index (χ0v) is 18.4. The fourth-order valence-electron chi connectivity index (χ4n) is 3.45. The summed E-state index contributed by atoms with van der Waals surface area (Å²) in [4.78, 5) is 12.6. The Morgan fingerprint density at radius 3 is 2.52 bits per heavy atom. The van der Waals surface area contributed by atoms with Gasteiger partial charge < -0.3 is 5.32 Å². The van der Waals surface area contributed by atoms with Gasteiger partial charge >= 0.3 is 0 Å². The van der Waals surface area contributed by atoms with Crippen LogP contribution in [0.5, 0.6) is 0 Å². The van der Waals surface area contributed by atoms with Crippen LogP contribution < -0.4 is 5.32 Å². The molecule has 0 atom stereocenters. The molecule has 0 saturated heterocycles. The van der Waals surface area contributed by atoms with Crippen LogP contribution in [0.3, 0.4) is 0 Å². The van der Waals surface area contributed by atoms with Crippen molar-refractivity contribution in [3.63, 3.8) is 0 Å². The molecule has 1 N–H and O–H groups in total. The quantitative estimate of drug-likeness (QED) is 0.564. The molecule has 1 aliphatic heterocycles. The molecule has 4 rings (SSSR count). The number of hydrogen-bond donors (Lipinski definition) is 1. The summed E-state index contributed by atoms with van der Waals surface area (Å²) in [5, 5.41) is 2.67. The number of rotatable bonds is 4. The molecule has 1 aliphatic rings. The molecule has 1 heterocycles. The summed E-state index contributed by atoms with van der Waals surface area (Å²) in [6, 6.07) is 15.3. The molecule has 3 aromatic carbocycles. The van der Waals surface area contributed by atoms with Crippen LogP contribution in [0.2, 0.25) is 10.0 Å². The van der Waals surface area contributed by atoms with E-state index < -0.39 is 21.7 Å². The fourth-order valence-corrected chi connectivity index (χ4v) is 5.27. The molecule has 0 fully saturated rings. The van der Waals surface area contributed by atoms with E-state index >= 15 is 0 Å². The van der Waals surface area contributed by atoms with E-state index in [9.17, 15) is 17.6 Å². The summed E-state index contributed by atoms with van der Waals surface area (Å²) < 4.78 is 41.8. The van der Waals surface area contributed by atoms with Gasteiger partial charge in [0.15, 0.2) is 0 Å². The third kappa shape index (κ3) is 4.45. The highest BCUT2D eigenvalue weighted by molar-refractivity contribution is 7.89. The minimum atomic E-state index is -3.87. The molecule has 0 radical (unpaired) electrons. The third-order valence-electron chi connectivity index (χ3n) is 5.09. The van der Waals surface area contributed by atoms with Crippen LogP contribution in [-0.2, 0) is 23.0 Å². The maximum Gasteiger partial charge on any atom is 0.257 e. The predicted octanol–water partition coefficient (Wildman–Crippen LogP) is 5.13. The van der Waals surface area contributed by atoms with Crippen LogP contribution in [-0.4, -0.2) is 25.2 Å². The Morgan fingerprint density at radius 2 is 1.74 bits per heavy atom. The van der Waals surface area contributed by atoms with Crippen LogP contribution in [0.25, 0.3) is 0 Å². The van der Waals surface area contributed by atoms with Gasteiger partial charge in [-0.2, -0.15) is 4.31 Å². The van der Waals surface area contributed by atoms with E-state index in [-0.39, 0.29) is 32.7 Å². The molecule has 0 aromatic heterocycles. The number of nitrogens with one attached hydrogen (secondary N) is 1. The first kappa shape index (κ1) is 21.8. The number of nitrogens with zero attached hydrogens (tertiary/aromatic N) is 1. The number of fused-ring (bicyclic) bond motifs is 1. The van der Waals surface area contributed by atoms with Gasteiger partial charge in [0.1, 0.15) is 5.82 Å². The number of carbonyl (C=O) groups excluding carboxylic acids is 1. The first-order valence-corrected chi connectivity index (χ1v) is 11.6. The number of sulfonamides is 1. The minimum absolute atomic E-state index is 0.0443. The molecule has 31 heavy (non-hydrogen) atoms. The minimum Gasteiger partial charge on any atom is -0.319 e. The highest BCUT2D eigenvalue weighted by atomic mass is 35.5. The number of hydrogen-bond acceptors (Lipinski definition) is 3. The van der Waals surface area contributed by atoms with Crippen molar-refractivity contribution in [2.75, 3.05) is 11.9 Å². The third-order valence-corrected chi connectivity index (χ3v) is 7.50. The zero-order valence-electron chi connectivity index (χ0n) is 16.1. The van der Waals surface area contributed by atoms with E-state index in [0.29, 0.717) is 13.0 Å². The van der Waals surface area contributed by atoms with Crippen molar-refractivity contribution in [3.8, 4) is 0 Å². The molecule has 0 aliphatic carbocycles. The maximum absolute atomic E-state index is 14.0. The van der Waals surface area contributed by atoms with E-state index in [4.69, 9.17) is 23.2 Å². The van der Waals surface area contributed by atoms with Crippen molar-refractivity contribution in [3.05, 3.63) is 93.2 Å². The molecule has 1 amide bonds. The monoisotopic (exact) mass is 478 g/mol. The average molecular weight is 479 g/mol. The molecule has 0 saturated carbocycles. The van der Waals surface area contributed by atoms with Gasteiger partial charge in [0.2, 0.25) is 10.0 Å². The fraction of sp³-hybridized carbons (Fsp3) is 0.136. The second kappa shape index (κ2) is 8.59. The van der Waals surface area contributed by atoms with Crippen molar-refractivity contribution in [1.29, 1.82) is 0 Å². The Labute approximate surface area is 189 Å². The predicted molar refractivity (Wildman–Crippen MR) is 119 cm³/mol. The first-order chi connectivity index (χ1) is 14.8. The summed E-state index contributed by atoms with van der Waals surface area (Å²) >= 11 is 12.0.